The van der Waals surface area contributed by atoms with Gasteiger partial charge in [0.1, 0.15) is 11.1 Å². The molecular formula is C16H23N3OS. The standard InChI is InChI=1S/C16H23N3OS/c1-4-7-16(3,18)15(20)19-14-12(9-17)11-6-5-10(2)8-13(11)21-14/h10H,4-8,18H2,1-3H3,(H,19,20). The van der Waals surface area contributed by atoms with Crippen LogP contribution in [0.1, 0.15) is 56.0 Å². The zero-order chi connectivity index (χ0) is 15.6. The summed E-state index contributed by atoms with van der Waals surface area (Å²) in [7, 11) is 0. The maximum absolute atomic E-state index is 12.3. The fourth-order valence-electron chi connectivity index (χ4n) is 2.84. The molecule has 0 saturated carbocycles. The lowest BCUT2D eigenvalue weighted by atomic mass is 9.88. The molecule has 1 aliphatic carbocycles. The van der Waals surface area contributed by atoms with E-state index in [1.165, 1.54) is 4.88 Å². The van der Waals surface area contributed by atoms with Crippen molar-refractivity contribution in [1.29, 1.82) is 5.26 Å². The number of hydrogen-bond acceptors (Lipinski definition) is 4. The maximum atomic E-state index is 12.3. The van der Waals surface area contributed by atoms with Crippen molar-refractivity contribution >= 4 is 22.2 Å². The monoisotopic (exact) mass is 305 g/mol. The summed E-state index contributed by atoms with van der Waals surface area (Å²) in [5.74, 6) is 0.443. The minimum absolute atomic E-state index is 0.201. The third kappa shape index (κ3) is 3.28. The third-order valence-electron chi connectivity index (χ3n) is 4.14. The van der Waals surface area contributed by atoms with E-state index >= 15 is 0 Å². The topological polar surface area (TPSA) is 78.9 Å². The van der Waals surface area contributed by atoms with Gasteiger partial charge in [-0.3, -0.25) is 4.79 Å². The van der Waals surface area contributed by atoms with E-state index in [0.29, 0.717) is 22.9 Å². The first-order valence-electron chi connectivity index (χ1n) is 7.54. The molecule has 21 heavy (non-hydrogen) atoms. The summed E-state index contributed by atoms with van der Waals surface area (Å²) < 4.78 is 0. The number of nitrogens with zero attached hydrogens (tertiary/aromatic N) is 1. The Morgan fingerprint density at radius 1 is 1.62 bits per heavy atom. The van der Waals surface area contributed by atoms with Crippen LogP contribution < -0.4 is 11.1 Å². The molecule has 2 atom stereocenters. The number of nitrogens with two attached hydrogens (primary N) is 1. The lowest BCUT2D eigenvalue weighted by Crippen LogP contribution is -2.48. The number of anilines is 1. The average Bonchev–Trinajstić information content (AvgIpc) is 2.74. The van der Waals surface area contributed by atoms with Crippen LogP contribution in [-0.2, 0) is 17.6 Å². The number of carbonyl (C=O) groups excluding carboxylic acids is 1. The van der Waals surface area contributed by atoms with Crippen LogP contribution in [0.15, 0.2) is 0 Å². The minimum atomic E-state index is -0.890. The number of amides is 1. The van der Waals surface area contributed by atoms with Crippen molar-refractivity contribution in [2.24, 2.45) is 11.7 Å². The molecule has 2 rings (SSSR count). The molecule has 0 aliphatic heterocycles. The predicted octanol–water partition coefficient (Wildman–Crippen LogP) is 3.20. The van der Waals surface area contributed by atoms with Crippen molar-refractivity contribution in [2.45, 2.75) is 58.4 Å². The van der Waals surface area contributed by atoms with E-state index in [0.717, 1.165) is 31.2 Å². The van der Waals surface area contributed by atoms with E-state index in [-0.39, 0.29) is 5.91 Å². The largest absolute Gasteiger partial charge is 0.318 e. The highest BCUT2D eigenvalue weighted by atomic mass is 32.1. The Kier molecular flexibility index (Phi) is 4.70. The SMILES string of the molecule is CCCC(C)(N)C(=O)Nc1sc2c(c1C#N)CCC(C)C2. The van der Waals surface area contributed by atoms with Gasteiger partial charge < -0.3 is 11.1 Å². The third-order valence-corrected chi connectivity index (χ3v) is 5.31. The molecule has 5 heteroatoms. The fourth-order valence-corrected chi connectivity index (χ4v) is 4.19. The molecular weight excluding hydrogens is 282 g/mol. The first-order chi connectivity index (χ1) is 9.89. The molecule has 0 aromatic carbocycles. The zero-order valence-corrected chi connectivity index (χ0v) is 13.8. The molecule has 1 amide bonds. The predicted molar refractivity (Wildman–Crippen MR) is 86.4 cm³/mol. The molecule has 1 aromatic rings. The Balaban J connectivity index is 2.25. The summed E-state index contributed by atoms with van der Waals surface area (Å²) in [5.41, 5.74) is 6.95. The smallest absolute Gasteiger partial charge is 0.244 e. The molecule has 0 fully saturated rings. The van der Waals surface area contributed by atoms with Gasteiger partial charge >= 0.3 is 0 Å². The molecule has 2 unspecified atom stereocenters. The van der Waals surface area contributed by atoms with Crippen LogP contribution in [0.25, 0.3) is 0 Å². The van der Waals surface area contributed by atoms with Crippen LogP contribution in [-0.4, -0.2) is 11.4 Å². The van der Waals surface area contributed by atoms with Gasteiger partial charge in [-0.1, -0.05) is 20.3 Å². The Hall–Kier alpha value is -1.38. The second-order valence-corrected chi connectivity index (χ2v) is 7.39. The van der Waals surface area contributed by atoms with Gasteiger partial charge in [0, 0.05) is 4.88 Å². The molecule has 0 bridgehead atoms. The van der Waals surface area contributed by atoms with Crippen LogP contribution in [0.5, 0.6) is 0 Å². The number of fused-ring (bicyclic) bond motifs is 1. The minimum Gasteiger partial charge on any atom is -0.318 e. The first kappa shape index (κ1) is 16.0. The van der Waals surface area contributed by atoms with E-state index in [9.17, 15) is 10.1 Å². The van der Waals surface area contributed by atoms with Crippen molar-refractivity contribution < 1.29 is 4.79 Å². The summed E-state index contributed by atoms with van der Waals surface area (Å²) in [6, 6.07) is 2.26. The van der Waals surface area contributed by atoms with Crippen LogP contribution in [0, 0.1) is 17.2 Å². The molecule has 3 N–H and O–H groups in total. The normalized spacial score (nSPS) is 20.2. The highest BCUT2D eigenvalue weighted by molar-refractivity contribution is 7.16. The number of rotatable bonds is 4. The molecule has 114 valence electrons. The van der Waals surface area contributed by atoms with Crippen molar-refractivity contribution in [3.05, 3.63) is 16.0 Å². The first-order valence-corrected chi connectivity index (χ1v) is 8.35. The summed E-state index contributed by atoms with van der Waals surface area (Å²) >= 11 is 1.54. The molecule has 1 aliphatic rings. The van der Waals surface area contributed by atoms with E-state index < -0.39 is 5.54 Å². The summed E-state index contributed by atoms with van der Waals surface area (Å²) in [6.07, 6.45) is 4.52. The summed E-state index contributed by atoms with van der Waals surface area (Å²) in [5, 5.41) is 13.0. The summed E-state index contributed by atoms with van der Waals surface area (Å²) in [6.45, 7) is 5.98. The highest BCUT2D eigenvalue weighted by Crippen LogP contribution is 2.39. The van der Waals surface area contributed by atoms with Crippen molar-refractivity contribution in [3.63, 3.8) is 0 Å². The molecule has 0 saturated heterocycles. The molecule has 1 heterocycles. The molecule has 4 nitrogen and oxygen atoms in total. The van der Waals surface area contributed by atoms with Crippen molar-refractivity contribution in [1.82, 2.24) is 0 Å². The average molecular weight is 305 g/mol. The van der Waals surface area contributed by atoms with Crippen LogP contribution >= 0.6 is 11.3 Å². The van der Waals surface area contributed by atoms with Crippen LogP contribution in [0.4, 0.5) is 5.00 Å². The number of nitriles is 1. The highest BCUT2D eigenvalue weighted by Gasteiger charge is 2.30. The Morgan fingerprint density at radius 2 is 2.33 bits per heavy atom. The Bertz CT molecular complexity index is 583. The van der Waals surface area contributed by atoms with E-state index in [4.69, 9.17) is 5.73 Å². The van der Waals surface area contributed by atoms with E-state index in [2.05, 4.69) is 18.3 Å². The van der Waals surface area contributed by atoms with Gasteiger partial charge in [-0.2, -0.15) is 5.26 Å². The van der Waals surface area contributed by atoms with Gasteiger partial charge in [0.15, 0.2) is 0 Å². The van der Waals surface area contributed by atoms with Gasteiger partial charge in [0.05, 0.1) is 11.1 Å². The number of carbonyl (C=O) groups is 1. The maximum Gasteiger partial charge on any atom is 0.244 e. The van der Waals surface area contributed by atoms with Crippen LogP contribution in [0.3, 0.4) is 0 Å². The van der Waals surface area contributed by atoms with Gasteiger partial charge in [-0.05, 0) is 44.1 Å². The second kappa shape index (κ2) is 6.17. The zero-order valence-electron chi connectivity index (χ0n) is 13.0. The van der Waals surface area contributed by atoms with Gasteiger partial charge in [-0.25, -0.2) is 0 Å². The van der Waals surface area contributed by atoms with Gasteiger partial charge in [-0.15, -0.1) is 11.3 Å². The number of hydrogen-bond donors (Lipinski definition) is 2. The second-order valence-electron chi connectivity index (χ2n) is 6.29. The fraction of sp³-hybridized carbons (Fsp3) is 0.625. The summed E-state index contributed by atoms with van der Waals surface area (Å²) in [4.78, 5) is 13.6. The molecule has 0 spiro atoms. The number of nitrogens with one attached hydrogen (secondary N) is 1. The number of thiophene rings is 1. The van der Waals surface area contributed by atoms with Gasteiger partial charge in [0.2, 0.25) is 5.91 Å². The molecule has 1 aromatic heterocycles. The lowest BCUT2D eigenvalue weighted by molar-refractivity contribution is -0.120. The Morgan fingerprint density at radius 3 is 2.95 bits per heavy atom. The van der Waals surface area contributed by atoms with E-state index in [1.807, 2.05) is 6.92 Å². The van der Waals surface area contributed by atoms with Gasteiger partial charge in [0.25, 0.3) is 0 Å². The lowest BCUT2D eigenvalue weighted by Gasteiger charge is -2.22. The van der Waals surface area contributed by atoms with Crippen LogP contribution in [0.2, 0.25) is 0 Å². The van der Waals surface area contributed by atoms with Crippen molar-refractivity contribution in [3.8, 4) is 6.07 Å². The quantitative estimate of drug-likeness (QED) is 0.896. The van der Waals surface area contributed by atoms with Crippen molar-refractivity contribution in [2.75, 3.05) is 5.32 Å². The molecule has 0 radical (unpaired) electrons. The van der Waals surface area contributed by atoms with E-state index in [1.54, 1.807) is 18.3 Å². The Labute approximate surface area is 130 Å².